The molecule has 0 saturated carbocycles. The molecule has 19 heavy (non-hydrogen) atoms. The number of benzene rings is 1. The monoisotopic (exact) mass is 262 g/mol. The van der Waals surface area contributed by atoms with E-state index in [-0.39, 0.29) is 5.82 Å². The smallest absolute Gasteiger partial charge is 0.125 e. The molecular formula is C16H23FN2. The number of rotatable bonds is 6. The van der Waals surface area contributed by atoms with Crippen LogP contribution in [0.15, 0.2) is 24.3 Å². The predicted molar refractivity (Wildman–Crippen MR) is 77.3 cm³/mol. The van der Waals surface area contributed by atoms with E-state index in [9.17, 15) is 9.65 Å². The van der Waals surface area contributed by atoms with E-state index < -0.39 is 5.54 Å². The lowest BCUT2D eigenvalue weighted by molar-refractivity contribution is 0.376. The first-order valence-electron chi connectivity index (χ1n) is 6.82. The van der Waals surface area contributed by atoms with Gasteiger partial charge >= 0.3 is 0 Å². The molecule has 0 aliphatic heterocycles. The first kappa shape index (κ1) is 15.5. The van der Waals surface area contributed by atoms with Gasteiger partial charge in [-0.1, -0.05) is 27.7 Å². The summed E-state index contributed by atoms with van der Waals surface area (Å²) in [5.41, 5.74) is 0.212. The fourth-order valence-corrected chi connectivity index (χ4v) is 2.51. The van der Waals surface area contributed by atoms with Crippen molar-refractivity contribution in [1.82, 2.24) is 0 Å². The molecule has 0 amide bonds. The molecule has 0 unspecified atom stereocenters. The molecular weight excluding hydrogens is 239 g/mol. The molecule has 3 heteroatoms. The summed E-state index contributed by atoms with van der Waals surface area (Å²) in [6.45, 7) is 8.44. The molecule has 0 bridgehead atoms. The molecule has 0 radical (unpaired) electrons. The highest BCUT2D eigenvalue weighted by Crippen LogP contribution is 2.28. The van der Waals surface area contributed by atoms with Gasteiger partial charge in [0, 0.05) is 5.69 Å². The first-order chi connectivity index (χ1) is 8.87. The SMILES string of the molecule is CC(C)CC(C#N)(CC(C)C)Nc1ccc(F)cc1. The Morgan fingerprint density at radius 1 is 1.11 bits per heavy atom. The molecule has 2 nitrogen and oxygen atoms in total. The lowest BCUT2D eigenvalue weighted by atomic mass is 9.82. The zero-order valence-electron chi connectivity index (χ0n) is 12.2. The van der Waals surface area contributed by atoms with Crippen molar-refractivity contribution in [3.8, 4) is 6.07 Å². The third-order valence-corrected chi connectivity index (χ3v) is 2.96. The van der Waals surface area contributed by atoms with Crippen molar-refractivity contribution in [3.63, 3.8) is 0 Å². The fraction of sp³-hybridized carbons (Fsp3) is 0.562. The van der Waals surface area contributed by atoms with Crippen LogP contribution >= 0.6 is 0 Å². The van der Waals surface area contributed by atoms with Gasteiger partial charge in [0.1, 0.15) is 11.4 Å². The second kappa shape index (κ2) is 6.56. The van der Waals surface area contributed by atoms with Crippen LogP contribution in [0.3, 0.4) is 0 Å². The summed E-state index contributed by atoms with van der Waals surface area (Å²) in [6, 6.07) is 8.63. The molecule has 0 heterocycles. The van der Waals surface area contributed by atoms with Crippen LogP contribution in [-0.4, -0.2) is 5.54 Å². The largest absolute Gasteiger partial charge is 0.367 e. The Kier molecular flexibility index (Phi) is 5.35. The Labute approximate surface area is 115 Å². The van der Waals surface area contributed by atoms with Crippen LogP contribution in [0.4, 0.5) is 10.1 Å². The topological polar surface area (TPSA) is 35.8 Å². The van der Waals surface area contributed by atoms with E-state index in [4.69, 9.17) is 0 Å². The quantitative estimate of drug-likeness (QED) is 0.813. The average Bonchev–Trinajstić information content (AvgIpc) is 2.30. The van der Waals surface area contributed by atoms with Crippen LogP contribution < -0.4 is 5.32 Å². The number of nitrogens with zero attached hydrogens (tertiary/aromatic N) is 1. The van der Waals surface area contributed by atoms with Crippen molar-refractivity contribution in [2.75, 3.05) is 5.32 Å². The minimum Gasteiger partial charge on any atom is -0.367 e. The fourth-order valence-electron chi connectivity index (χ4n) is 2.51. The number of nitrogens with one attached hydrogen (secondary N) is 1. The molecule has 1 aromatic carbocycles. The predicted octanol–water partition coefficient (Wildman–Crippen LogP) is 4.59. The number of halogens is 1. The summed E-state index contributed by atoms with van der Waals surface area (Å²) in [5, 5.41) is 12.9. The average molecular weight is 262 g/mol. The zero-order valence-corrected chi connectivity index (χ0v) is 12.2. The van der Waals surface area contributed by atoms with Crippen molar-refractivity contribution >= 4 is 5.69 Å². The first-order valence-corrected chi connectivity index (χ1v) is 6.82. The Balaban J connectivity index is 2.95. The van der Waals surface area contributed by atoms with E-state index in [0.29, 0.717) is 11.8 Å². The molecule has 0 aliphatic carbocycles. The number of nitriles is 1. The molecule has 0 aliphatic rings. The second-order valence-electron chi connectivity index (χ2n) is 6.02. The van der Waals surface area contributed by atoms with E-state index in [2.05, 4.69) is 39.1 Å². The molecule has 1 aromatic rings. The lowest BCUT2D eigenvalue weighted by Crippen LogP contribution is -2.39. The molecule has 1 N–H and O–H groups in total. The van der Waals surface area contributed by atoms with Gasteiger partial charge in [-0.15, -0.1) is 0 Å². The van der Waals surface area contributed by atoms with Gasteiger partial charge in [0.15, 0.2) is 0 Å². The molecule has 0 spiro atoms. The van der Waals surface area contributed by atoms with Crippen LogP contribution in [0, 0.1) is 29.0 Å². The summed E-state index contributed by atoms with van der Waals surface area (Å²) < 4.78 is 12.9. The van der Waals surface area contributed by atoms with E-state index in [1.165, 1.54) is 12.1 Å². The van der Waals surface area contributed by atoms with E-state index >= 15 is 0 Å². The number of hydrogen-bond acceptors (Lipinski definition) is 2. The Morgan fingerprint density at radius 2 is 1.58 bits per heavy atom. The van der Waals surface area contributed by atoms with Crippen molar-refractivity contribution in [1.29, 1.82) is 5.26 Å². The maximum atomic E-state index is 12.9. The van der Waals surface area contributed by atoms with E-state index in [1.54, 1.807) is 12.1 Å². The van der Waals surface area contributed by atoms with Gasteiger partial charge < -0.3 is 5.32 Å². The summed E-state index contributed by atoms with van der Waals surface area (Å²) in [7, 11) is 0. The van der Waals surface area contributed by atoms with Gasteiger partial charge in [0.2, 0.25) is 0 Å². The number of hydrogen-bond donors (Lipinski definition) is 1. The second-order valence-corrected chi connectivity index (χ2v) is 6.02. The molecule has 0 atom stereocenters. The van der Waals surface area contributed by atoms with Gasteiger partial charge in [0.05, 0.1) is 6.07 Å². The zero-order chi connectivity index (χ0) is 14.5. The summed E-state index contributed by atoms with van der Waals surface area (Å²) >= 11 is 0. The van der Waals surface area contributed by atoms with Crippen LogP contribution in [0.2, 0.25) is 0 Å². The highest BCUT2D eigenvalue weighted by atomic mass is 19.1. The van der Waals surface area contributed by atoms with E-state index in [1.807, 2.05) is 0 Å². The van der Waals surface area contributed by atoms with Crippen LogP contribution in [0.25, 0.3) is 0 Å². The van der Waals surface area contributed by atoms with Crippen molar-refractivity contribution < 1.29 is 4.39 Å². The minimum absolute atomic E-state index is 0.263. The summed E-state index contributed by atoms with van der Waals surface area (Å²) in [6.07, 6.45) is 1.55. The molecule has 1 rings (SSSR count). The normalized spacial score (nSPS) is 11.7. The van der Waals surface area contributed by atoms with Gasteiger partial charge in [-0.2, -0.15) is 5.26 Å². The van der Waals surface area contributed by atoms with Crippen molar-refractivity contribution in [2.45, 2.75) is 46.1 Å². The summed E-state index contributed by atoms with van der Waals surface area (Å²) in [4.78, 5) is 0. The van der Waals surface area contributed by atoms with Crippen LogP contribution in [-0.2, 0) is 0 Å². The van der Waals surface area contributed by atoms with Crippen LogP contribution in [0.5, 0.6) is 0 Å². The maximum Gasteiger partial charge on any atom is 0.125 e. The van der Waals surface area contributed by atoms with Crippen LogP contribution in [0.1, 0.15) is 40.5 Å². The van der Waals surface area contributed by atoms with Gasteiger partial charge in [-0.25, -0.2) is 4.39 Å². The third kappa shape index (κ3) is 4.90. The standard InChI is InChI=1S/C16H23FN2/c1-12(2)9-16(11-18,10-13(3)4)19-15-7-5-14(17)6-8-15/h5-8,12-13,19H,9-10H2,1-4H3. The summed E-state index contributed by atoms with van der Waals surface area (Å²) in [5.74, 6) is 0.582. The molecule has 0 fully saturated rings. The van der Waals surface area contributed by atoms with Crippen molar-refractivity contribution in [3.05, 3.63) is 30.1 Å². The molecule has 0 saturated heterocycles. The lowest BCUT2D eigenvalue weighted by Gasteiger charge is -2.32. The number of anilines is 1. The van der Waals surface area contributed by atoms with Gasteiger partial charge in [-0.3, -0.25) is 0 Å². The Bertz CT molecular complexity index is 419. The third-order valence-electron chi connectivity index (χ3n) is 2.96. The molecule has 0 aromatic heterocycles. The molecule has 104 valence electrons. The Morgan fingerprint density at radius 3 is 1.95 bits per heavy atom. The highest BCUT2D eigenvalue weighted by molar-refractivity contribution is 5.47. The maximum absolute atomic E-state index is 12.9. The van der Waals surface area contributed by atoms with Crippen molar-refractivity contribution in [2.24, 2.45) is 11.8 Å². The minimum atomic E-state index is -0.583. The van der Waals surface area contributed by atoms with Gasteiger partial charge in [-0.05, 0) is 48.9 Å². The highest BCUT2D eigenvalue weighted by Gasteiger charge is 2.31. The Hall–Kier alpha value is -1.56. The van der Waals surface area contributed by atoms with E-state index in [0.717, 1.165) is 18.5 Å². The van der Waals surface area contributed by atoms with Gasteiger partial charge in [0.25, 0.3) is 0 Å².